The first-order chi connectivity index (χ1) is 8.13. The third-order valence-electron chi connectivity index (χ3n) is 2.91. The number of hydrogen-bond donors (Lipinski definition) is 1. The monoisotopic (exact) mass is 273 g/mol. The van der Waals surface area contributed by atoms with Crippen LogP contribution in [0.15, 0.2) is 18.2 Å². The largest absolute Gasteiger partial charge is 0.327 e. The number of nitrogens with two attached hydrogens (primary N) is 1. The second-order valence-electron chi connectivity index (χ2n) is 4.56. The predicted octanol–water partition coefficient (Wildman–Crippen LogP) is 4.83. The van der Waals surface area contributed by atoms with E-state index in [4.69, 9.17) is 28.9 Å². The Morgan fingerprint density at radius 3 is 2.53 bits per heavy atom. The standard InChI is InChI=1S/C14H21Cl2N/c1-2-3-4-5-6-12(17)9-11-7-8-13(15)14(16)10-11/h7-8,10,12H,2-6,9,17H2,1H3. The smallest absolute Gasteiger partial charge is 0.0595 e. The molecule has 96 valence electrons. The topological polar surface area (TPSA) is 26.0 Å². The van der Waals surface area contributed by atoms with E-state index in [1.54, 1.807) is 0 Å². The van der Waals surface area contributed by atoms with Gasteiger partial charge in [-0.1, -0.05) is 61.9 Å². The molecule has 2 N–H and O–H groups in total. The van der Waals surface area contributed by atoms with Gasteiger partial charge >= 0.3 is 0 Å². The van der Waals surface area contributed by atoms with Crippen molar-refractivity contribution in [2.45, 2.75) is 51.5 Å². The minimum absolute atomic E-state index is 0.226. The SMILES string of the molecule is CCCCCCC(N)Cc1ccc(Cl)c(Cl)c1. The van der Waals surface area contributed by atoms with Gasteiger partial charge < -0.3 is 5.73 Å². The van der Waals surface area contributed by atoms with Crippen molar-refractivity contribution in [3.8, 4) is 0 Å². The molecule has 0 aliphatic rings. The van der Waals surface area contributed by atoms with Gasteiger partial charge in [0.2, 0.25) is 0 Å². The van der Waals surface area contributed by atoms with Gasteiger partial charge in [-0.25, -0.2) is 0 Å². The first-order valence-corrected chi connectivity index (χ1v) is 7.08. The molecule has 1 aromatic carbocycles. The number of unbranched alkanes of at least 4 members (excludes halogenated alkanes) is 3. The average molecular weight is 274 g/mol. The second kappa shape index (κ2) is 7.97. The molecule has 1 atom stereocenters. The molecular formula is C14H21Cl2N. The summed E-state index contributed by atoms with van der Waals surface area (Å²) in [6.45, 7) is 2.22. The van der Waals surface area contributed by atoms with Crippen LogP contribution in [0.5, 0.6) is 0 Å². The molecule has 1 nitrogen and oxygen atoms in total. The van der Waals surface area contributed by atoms with Crippen molar-refractivity contribution in [1.29, 1.82) is 0 Å². The summed E-state index contributed by atoms with van der Waals surface area (Å²) in [5.41, 5.74) is 7.27. The number of benzene rings is 1. The number of halogens is 2. The van der Waals surface area contributed by atoms with E-state index in [9.17, 15) is 0 Å². The molecule has 1 rings (SSSR count). The minimum Gasteiger partial charge on any atom is -0.327 e. The zero-order chi connectivity index (χ0) is 12.7. The lowest BCUT2D eigenvalue weighted by molar-refractivity contribution is 0.546. The lowest BCUT2D eigenvalue weighted by Crippen LogP contribution is -2.22. The number of rotatable bonds is 7. The summed E-state index contributed by atoms with van der Waals surface area (Å²) in [6, 6.07) is 5.97. The molecule has 0 aliphatic carbocycles. The van der Waals surface area contributed by atoms with Crippen LogP contribution < -0.4 is 5.73 Å². The molecule has 0 aliphatic heterocycles. The summed E-state index contributed by atoms with van der Waals surface area (Å²) >= 11 is 11.8. The predicted molar refractivity (Wildman–Crippen MR) is 76.9 cm³/mol. The highest BCUT2D eigenvalue weighted by Crippen LogP contribution is 2.23. The van der Waals surface area contributed by atoms with Crippen LogP contribution in [0.4, 0.5) is 0 Å². The molecule has 0 saturated carbocycles. The summed E-state index contributed by atoms with van der Waals surface area (Å²) in [6.07, 6.45) is 7.03. The molecule has 0 aromatic heterocycles. The Bertz CT molecular complexity index is 339. The van der Waals surface area contributed by atoms with E-state index in [0.717, 1.165) is 12.8 Å². The van der Waals surface area contributed by atoms with E-state index in [1.165, 1.54) is 31.2 Å². The van der Waals surface area contributed by atoms with Crippen LogP contribution in [0.2, 0.25) is 10.0 Å². The van der Waals surface area contributed by atoms with Crippen molar-refractivity contribution in [1.82, 2.24) is 0 Å². The normalized spacial score (nSPS) is 12.7. The summed E-state index contributed by atoms with van der Waals surface area (Å²) in [5, 5.41) is 1.22. The van der Waals surface area contributed by atoms with Crippen molar-refractivity contribution in [3.63, 3.8) is 0 Å². The average Bonchev–Trinajstić information content (AvgIpc) is 2.30. The summed E-state index contributed by atoms with van der Waals surface area (Å²) in [7, 11) is 0. The van der Waals surface area contributed by atoms with Gasteiger partial charge in [-0.3, -0.25) is 0 Å². The van der Waals surface area contributed by atoms with Crippen molar-refractivity contribution < 1.29 is 0 Å². The van der Waals surface area contributed by atoms with Crippen LogP contribution in [0, 0.1) is 0 Å². The Kier molecular flexibility index (Phi) is 6.94. The van der Waals surface area contributed by atoms with Crippen LogP contribution in [-0.4, -0.2) is 6.04 Å². The quantitative estimate of drug-likeness (QED) is 0.708. The van der Waals surface area contributed by atoms with Gasteiger partial charge in [0.25, 0.3) is 0 Å². The lowest BCUT2D eigenvalue weighted by Gasteiger charge is -2.12. The van der Waals surface area contributed by atoms with E-state index >= 15 is 0 Å². The molecule has 1 aromatic rings. The van der Waals surface area contributed by atoms with Gasteiger partial charge in [0, 0.05) is 6.04 Å². The van der Waals surface area contributed by atoms with Crippen LogP contribution in [-0.2, 0) is 6.42 Å². The molecule has 17 heavy (non-hydrogen) atoms. The van der Waals surface area contributed by atoms with Crippen molar-refractivity contribution in [2.24, 2.45) is 5.73 Å². The van der Waals surface area contributed by atoms with Crippen LogP contribution in [0.25, 0.3) is 0 Å². The Labute approximate surface area is 114 Å². The zero-order valence-corrected chi connectivity index (χ0v) is 11.9. The van der Waals surface area contributed by atoms with Crippen LogP contribution in [0.3, 0.4) is 0 Å². The van der Waals surface area contributed by atoms with Gasteiger partial charge in [-0.15, -0.1) is 0 Å². The van der Waals surface area contributed by atoms with E-state index in [-0.39, 0.29) is 6.04 Å². The van der Waals surface area contributed by atoms with Gasteiger partial charge in [-0.05, 0) is 30.5 Å². The fourth-order valence-electron chi connectivity index (χ4n) is 1.90. The van der Waals surface area contributed by atoms with Crippen molar-refractivity contribution in [2.75, 3.05) is 0 Å². The maximum atomic E-state index is 6.10. The fraction of sp³-hybridized carbons (Fsp3) is 0.571. The van der Waals surface area contributed by atoms with E-state index < -0.39 is 0 Å². The first kappa shape index (κ1) is 14.8. The molecule has 0 bridgehead atoms. The Hall–Kier alpha value is -0.240. The highest BCUT2D eigenvalue weighted by molar-refractivity contribution is 6.42. The van der Waals surface area contributed by atoms with Gasteiger partial charge in [-0.2, -0.15) is 0 Å². The van der Waals surface area contributed by atoms with Crippen molar-refractivity contribution in [3.05, 3.63) is 33.8 Å². The second-order valence-corrected chi connectivity index (χ2v) is 5.38. The summed E-state index contributed by atoms with van der Waals surface area (Å²) < 4.78 is 0. The van der Waals surface area contributed by atoms with E-state index in [0.29, 0.717) is 10.0 Å². The molecule has 0 fully saturated rings. The first-order valence-electron chi connectivity index (χ1n) is 6.33. The van der Waals surface area contributed by atoms with Crippen molar-refractivity contribution >= 4 is 23.2 Å². The Balaban J connectivity index is 2.34. The molecule has 1 unspecified atom stereocenters. The van der Waals surface area contributed by atoms with Gasteiger partial charge in [0.05, 0.1) is 10.0 Å². The third-order valence-corrected chi connectivity index (χ3v) is 3.65. The maximum absolute atomic E-state index is 6.10. The van der Waals surface area contributed by atoms with E-state index in [1.807, 2.05) is 18.2 Å². The molecule has 0 spiro atoms. The van der Waals surface area contributed by atoms with Crippen LogP contribution in [0.1, 0.15) is 44.6 Å². The molecule has 0 saturated heterocycles. The molecule has 0 heterocycles. The zero-order valence-electron chi connectivity index (χ0n) is 10.4. The molecule has 0 amide bonds. The highest BCUT2D eigenvalue weighted by Gasteiger charge is 2.06. The third kappa shape index (κ3) is 5.76. The Morgan fingerprint density at radius 2 is 1.88 bits per heavy atom. The van der Waals surface area contributed by atoms with Gasteiger partial charge in [0.15, 0.2) is 0 Å². The maximum Gasteiger partial charge on any atom is 0.0595 e. The number of hydrogen-bond acceptors (Lipinski definition) is 1. The van der Waals surface area contributed by atoms with E-state index in [2.05, 4.69) is 6.92 Å². The summed E-state index contributed by atoms with van der Waals surface area (Å²) in [4.78, 5) is 0. The van der Waals surface area contributed by atoms with Crippen LogP contribution >= 0.6 is 23.2 Å². The molecule has 0 radical (unpaired) electrons. The lowest BCUT2D eigenvalue weighted by atomic mass is 10.0. The summed E-state index contributed by atoms with van der Waals surface area (Å²) in [5.74, 6) is 0. The minimum atomic E-state index is 0.226. The Morgan fingerprint density at radius 1 is 1.12 bits per heavy atom. The molecule has 3 heteroatoms. The van der Waals surface area contributed by atoms with Gasteiger partial charge in [0.1, 0.15) is 0 Å². The molecular weight excluding hydrogens is 253 g/mol. The highest BCUT2D eigenvalue weighted by atomic mass is 35.5. The fourth-order valence-corrected chi connectivity index (χ4v) is 2.23.